The number of hydrogen-bond acceptors (Lipinski definition) is 4. The highest BCUT2D eigenvalue weighted by atomic mass is 32.1. The van der Waals surface area contributed by atoms with Crippen LogP contribution < -0.4 is 5.56 Å². The summed E-state index contributed by atoms with van der Waals surface area (Å²) in [6.07, 6.45) is 0.761. The van der Waals surface area contributed by atoms with Crippen LogP contribution in [0.5, 0.6) is 0 Å². The molecule has 0 saturated heterocycles. The Labute approximate surface area is 149 Å². The highest BCUT2D eigenvalue weighted by Crippen LogP contribution is 2.29. The summed E-state index contributed by atoms with van der Waals surface area (Å²) in [4.78, 5) is 17.3. The van der Waals surface area contributed by atoms with Crippen LogP contribution in [0.3, 0.4) is 0 Å². The van der Waals surface area contributed by atoms with E-state index in [0.29, 0.717) is 12.1 Å². The minimum atomic E-state index is -0.116. The van der Waals surface area contributed by atoms with E-state index in [9.17, 15) is 4.79 Å². The Morgan fingerprint density at radius 2 is 1.68 bits per heavy atom. The summed E-state index contributed by atoms with van der Waals surface area (Å²) in [5, 5.41) is 5.56. The minimum Gasteiger partial charge on any atom is -0.265 e. The van der Waals surface area contributed by atoms with Gasteiger partial charge < -0.3 is 0 Å². The van der Waals surface area contributed by atoms with Crippen LogP contribution in [-0.2, 0) is 13.0 Å². The fourth-order valence-corrected chi connectivity index (χ4v) is 3.80. The third-order valence-electron chi connectivity index (χ3n) is 4.11. The van der Waals surface area contributed by atoms with Crippen LogP contribution in [0.2, 0.25) is 0 Å². The predicted octanol–water partition coefficient (Wildman–Crippen LogP) is 4.07. The second-order valence-electron chi connectivity index (χ2n) is 5.89. The van der Waals surface area contributed by atoms with Crippen molar-refractivity contribution in [2.45, 2.75) is 19.9 Å². The van der Waals surface area contributed by atoms with E-state index >= 15 is 0 Å². The lowest BCUT2D eigenvalue weighted by molar-refractivity contribution is 0.586. The molecule has 2 aromatic carbocycles. The smallest absolute Gasteiger partial charge is 0.265 e. The molecule has 0 aliphatic carbocycles. The fourth-order valence-electron chi connectivity index (χ4n) is 2.88. The van der Waals surface area contributed by atoms with E-state index < -0.39 is 0 Å². The average Bonchev–Trinajstić information content (AvgIpc) is 3.05. The number of aryl methyl sites for hydroxylation is 3. The highest BCUT2D eigenvalue weighted by molar-refractivity contribution is 7.19. The summed E-state index contributed by atoms with van der Waals surface area (Å²) in [6.45, 7) is 2.46. The summed E-state index contributed by atoms with van der Waals surface area (Å²) in [7, 11) is 0. The van der Waals surface area contributed by atoms with Crippen molar-refractivity contribution in [2.75, 3.05) is 0 Å². The van der Waals surface area contributed by atoms with Crippen LogP contribution in [-0.4, -0.2) is 14.8 Å². The molecular formula is C20H17N3OS. The largest absolute Gasteiger partial charge is 0.294 e. The topological polar surface area (TPSA) is 47.8 Å². The third-order valence-corrected chi connectivity index (χ3v) is 5.09. The quantitative estimate of drug-likeness (QED) is 0.559. The second kappa shape index (κ2) is 6.61. The fraction of sp³-hybridized carbons (Fsp3) is 0.150. The van der Waals surface area contributed by atoms with Gasteiger partial charge in [0.25, 0.3) is 5.56 Å². The Hall–Kier alpha value is -2.79. The Balaban J connectivity index is 1.82. The molecule has 5 heteroatoms. The summed E-state index contributed by atoms with van der Waals surface area (Å²) in [5.41, 5.74) is 3.42. The molecule has 0 spiro atoms. The van der Waals surface area contributed by atoms with Crippen molar-refractivity contribution in [1.29, 1.82) is 0 Å². The van der Waals surface area contributed by atoms with Gasteiger partial charge in [-0.05, 0) is 18.9 Å². The predicted molar refractivity (Wildman–Crippen MR) is 102 cm³/mol. The van der Waals surface area contributed by atoms with Gasteiger partial charge in [0.2, 0.25) is 0 Å². The van der Waals surface area contributed by atoms with Crippen LogP contribution in [0.1, 0.15) is 10.6 Å². The molecule has 4 nitrogen and oxygen atoms in total. The van der Waals surface area contributed by atoms with Gasteiger partial charge in [-0.1, -0.05) is 60.7 Å². The molecule has 124 valence electrons. The van der Waals surface area contributed by atoms with Gasteiger partial charge in [-0.2, -0.15) is 5.10 Å². The van der Waals surface area contributed by atoms with Gasteiger partial charge in [-0.3, -0.25) is 4.79 Å². The van der Waals surface area contributed by atoms with Gasteiger partial charge in [0.15, 0.2) is 5.52 Å². The number of rotatable bonds is 4. The molecule has 0 aliphatic rings. The van der Waals surface area contributed by atoms with E-state index in [4.69, 9.17) is 0 Å². The zero-order chi connectivity index (χ0) is 17.2. The molecule has 0 fully saturated rings. The minimum absolute atomic E-state index is 0.116. The van der Waals surface area contributed by atoms with Crippen LogP contribution >= 0.6 is 11.3 Å². The lowest BCUT2D eigenvalue weighted by Crippen LogP contribution is -2.24. The Kier molecular flexibility index (Phi) is 4.15. The van der Waals surface area contributed by atoms with Crippen molar-refractivity contribution in [3.8, 4) is 11.3 Å². The molecule has 2 aromatic heterocycles. The molecule has 0 atom stereocenters. The summed E-state index contributed by atoms with van der Waals surface area (Å²) >= 11 is 1.52. The molecule has 4 rings (SSSR count). The first-order chi connectivity index (χ1) is 12.2. The van der Waals surface area contributed by atoms with E-state index in [2.05, 4.69) is 22.2 Å². The molecule has 0 bridgehead atoms. The molecule has 2 heterocycles. The van der Waals surface area contributed by atoms with E-state index in [1.807, 2.05) is 55.5 Å². The Morgan fingerprint density at radius 3 is 2.40 bits per heavy atom. The third kappa shape index (κ3) is 3.10. The van der Waals surface area contributed by atoms with Gasteiger partial charge in [0, 0.05) is 12.1 Å². The van der Waals surface area contributed by atoms with Gasteiger partial charge in [0.1, 0.15) is 5.69 Å². The number of aromatic nitrogens is 3. The maximum Gasteiger partial charge on any atom is 0.294 e. The van der Waals surface area contributed by atoms with Crippen molar-refractivity contribution in [1.82, 2.24) is 14.8 Å². The zero-order valence-corrected chi connectivity index (χ0v) is 14.7. The number of fused-ring (bicyclic) bond motifs is 1. The first-order valence-corrected chi connectivity index (χ1v) is 9.01. The van der Waals surface area contributed by atoms with E-state index in [1.165, 1.54) is 16.9 Å². The summed E-state index contributed by atoms with van der Waals surface area (Å²) < 4.78 is 2.42. The number of thiazole rings is 1. The number of nitrogens with zero attached hydrogens (tertiary/aromatic N) is 3. The normalized spacial score (nSPS) is 11.1. The first-order valence-electron chi connectivity index (χ1n) is 8.20. The van der Waals surface area contributed by atoms with Gasteiger partial charge in [-0.25, -0.2) is 9.67 Å². The number of benzene rings is 2. The molecule has 0 radical (unpaired) electrons. The first kappa shape index (κ1) is 15.7. The summed E-state index contributed by atoms with van der Waals surface area (Å²) in [5.74, 6) is 0. The van der Waals surface area contributed by atoms with Crippen molar-refractivity contribution in [3.63, 3.8) is 0 Å². The summed E-state index contributed by atoms with van der Waals surface area (Å²) in [6, 6.07) is 20.1. The maximum atomic E-state index is 12.8. The van der Waals surface area contributed by atoms with Gasteiger partial charge in [0.05, 0.1) is 9.71 Å². The highest BCUT2D eigenvalue weighted by Gasteiger charge is 2.16. The monoisotopic (exact) mass is 347 g/mol. The van der Waals surface area contributed by atoms with E-state index in [-0.39, 0.29) is 5.56 Å². The average molecular weight is 347 g/mol. The lowest BCUT2D eigenvalue weighted by atomic mass is 10.1. The zero-order valence-electron chi connectivity index (χ0n) is 13.8. The second-order valence-corrected chi connectivity index (χ2v) is 7.09. The Morgan fingerprint density at radius 1 is 1.00 bits per heavy atom. The van der Waals surface area contributed by atoms with Crippen molar-refractivity contribution < 1.29 is 0 Å². The number of hydrogen-bond donors (Lipinski definition) is 0. The van der Waals surface area contributed by atoms with Gasteiger partial charge >= 0.3 is 0 Å². The maximum absolute atomic E-state index is 12.8. The van der Waals surface area contributed by atoms with Crippen molar-refractivity contribution in [2.24, 2.45) is 0 Å². The molecule has 0 aliphatic heterocycles. The molecule has 0 amide bonds. The molecular weight excluding hydrogens is 330 g/mol. The molecule has 0 unspecified atom stereocenters. The van der Waals surface area contributed by atoms with E-state index in [0.717, 1.165) is 27.4 Å². The SMILES string of the molecule is Cc1nc2c(=O)n(CCc3ccccc3)nc(-c3ccccc3)c2s1. The Bertz CT molecular complexity index is 1070. The molecule has 25 heavy (non-hydrogen) atoms. The van der Waals surface area contributed by atoms with E-state index in [1.54, 1.807) is 4.68 Å². The van der Waals surface area contributed by atoms with Crippen LogP contribution in [0.25, 0.3) is 21.5 Å². The molecule has 4 aromatic rings. The lowest BCUT2D eigenvalue weighted by Gasteiger charge is -2.08. The van der Waals surface area contributed by atoms with Crippen molar-refractivity contribution in [3.05, 3.63) is 81.6 Å². The van der Waals surface area contributed by atoms with Crippen LogP contribution in [0, 0.1) is 6.92 Å². The van der Waals surface area contributed by atoms with Crippen LogP contribution in [0.4, 0.5) is 0 Å². The van der Waals surface area contributed by atoms with Crippen molar-refractivity contribution >= 4 is 21.6 Å². The van der Waals surface area contributed by atoms with Crippen LogP contribution in [0.15, 0.2) is 65.5 Å². The molecule has 0 N–H and O–H groups in total. The van der Waals surface area contributed by atoms with Gasteiger partial charge in [-0.15, -0.1) is 11.3 Å². The molecule has 0 saturated carbocycles. The standard InChI is InChI=1S/C20H17N3OS/c1-14-21-18-19(25-14)17(16-10-6-3-7-11-16)22-23(20(18)24)13-12-15-8-4-2-5-9-15/h2-11H,12-13H2,1H3.